The fourth-order valence-electron chi connectivity index (χ4n) is 3.56. The van der Waals surface area contributed by atoms with Gasteiger partial charge in [-0.3, -0.25) is 4.79 Å². The van der Waals surface area contributed by atoms with Crippen molar-refractivity contribution >= 4 is 5.91 Å². The Hall–Kier alpha value is -1.55. The van der Waals surface area contributed by atoms with Crippen molar-refractivity contribution in [3.63, 3.8) is 0 Å². The number of ether oxygens (including phenoxy) is 1. The highest BCUT2D eigenvalue weighted by Crippen LogP contribution is 2.36. The van der Waals surface area contributed by atoms with E-state index in [4.69, 9.17) is 10.5 Å². The molecule has 20 heavy (non-hydrogen) atoms. The van der Waals surface area contributed by atoms with Crippen LogP contribution in [0.1, 0.15) is 43.0 Å². The standard InChI is InChI=1S/C16H22N2O2/c1-2-20-15-7-3-11(4-8-15)16(19)18-13-5-6-14(18)10-12(17)9-13/h3-4,7-8,12-14H,2,5-6,9-10,17H2,1H3. The van der Waals surface area contributed by atoms with Crippen molar-refractivity contribution < 1.29 is 9.53 Å². The first kappa shape index (κ1) is 13.4. The van der Waals surface area contributed by atoms with E-state index >= 15 is 0 Å². The molecule has 0 aromatic heterocycles. The van der Waals surface area contributed by atoms with Crippen LogP contribution in [0.15, 0.2) is 24.3 Å². The zero-order chi connectivity index (χ0) is 14.1. The second-order valence-electron chi connectivity index (χ2n) is 5.79. The molecule has 4 heteroatoms. The molecule has 2 aliphatic heterocycles. The fraction of sp³-hybridized carbons (Fsp3) is 0.562. The van der Waals surface area contributed by atoms with Gasteiger partial charge in [0.25, 0.3) is 5.91 Å². The van der Waals surface area contributed by atoms with Gasteiger partial charge in [0.2, 0.25) is 0 Å². The van der Waals surface area contributed by atoms with E-state index in [0.717, 1.165) is 37.0 Å². The molecule has 4 nitrogen and oxygen atoms in total. The number of carbonyl (C=O) groups excluding carboxylic acids is 1. The maximum Gasteiger partial charge on any atom is 0.254 e. The molecular weight excluding hydrogens is 252 g/mol. The van der Waals surface area contributed by atoms with Crippen molar-refractivity contribution in [1.82, 2.24) is 4.90 Å². The number of hydrogen-bond donors (Lipinski definition) is 1. The largest absolute Gasteiger partial charge is 0.494 e. The van der Waals surface area contributed by atoms with Gasteiger partial charge in [-0.05, 0) is 56.9 Å². The van der Waals surface area contributed by atoms with E-state index in [9.17, 15) is 4.79 Å². The molecule has 0 spiro atoms. The first-order valence-electron chi connectivity index (χ1n) is 7.50. The van der Waals surface area contributed by atoms with Crippen LogP contribution in [0.25, 0.3) is 0 Å². The molecule has 2 saturated heterocycles. The first-order chi connectivity index (χ1) is 9.69. The predicted molar refractivity (Wildman–Crippen MR) is 77.8 cm³/mol. The minimum atomic E-state index is 0.146. The van der Waals surface area contributed by atoms with Crippen LogP contribution in [-0.2, 0) is 0 Å². The maximum absolute atomic E-state index is 12.7. The van der Waals surface area contributed by atoms with Crippen LogP contribution in [0.5, 0.6) is 5.75 Å². The van der Waals surface area contributed by atoms with E-state index in [1.807, 2.05) is 31.2 Å². The molecule has 2 heterocycles. The predicted octanol–water partition coefficient (Wildman–Crippen LogP) is 2.18. The highest BCUT2D eigenvalue weighted by molar-refractivity contribution is 5.95. The highest BCUT2D eigenvalue weighted by atomic mass is 16.5. The molecule has 1 amide bonds. The lowest BCUT2D eigenvalue weighted by molar-refractivity contribution is 0.0575. The third-order valence-electron chi connectivity index (χ3n) is 4.42. The Balaban J connectivity index is 1.76. The molecule has 2 aliphatic rings. The van der Waals surface area contributed by atoms with Crippen LogP contribution >= 0.6 is 0 Å². The zero-order valence-corrected chi connectivity index (χ0v) is 11.9. The summed E-state index contributed by atoms with van der Waals surface area (Å²) in [6.07, 6.45) is 4.08. The maximum atomic E-state index is 12.7. The van der Waals surface area contributed by atoms with Gasteiger partial charge in [0.1, 0.15) is 5.75 Å². The third kappa shape index (κ3) is 2.40. The van der Waals surface area contributed by atoms with Gasteiger partial charge in [-0.15, -0.1) is 0 Å². The van der Waals surface area contributed by atoms with Gasteiger partial charge >= 0.3 is 0 Å². The van der Waals surface area contributed by atoms with Gasteiger partial charge in [0, 0.05) is 23.7 Å². The summed E-state index contributed by atoms with van der Waals surface area (Å²) in [4.78, 5) is 14.7. The molecular formula is C16H22N2O2. The second kappa shape index (κ2) is 5.44. The number of piperidine rings is 1. The Morgan fingerprint density at radius 2 is 1.85 bits per heavy atom. The lowest BCUT2D eigenvalue weighted by atomic mass is 9.97. The van der Waals surface area contributed by atoms with Crippen molar-refractivity contribution in [3.05, 3.63) is 29.8 Å². The quantitative estimate of drug-likeness (QED) is 0.919. The van der Waals surface area contributed by atoms with Crippen molar-refractivity contribution in [2.75, 3.05) is 6.61 Å². The fourth-order valence-corrected chi connectivity index (χ4v) is 3.56. The molecule has 2 bridgehead atoms. The van der Waals surface area contributed by atoms with E-state index in [-0.39, 0.29) is 11.9 Å². The summed E-state index contributed by atoms with van der Waals surface area (Å²) in [6, 6.07) is 8.40. The van der Waals surface area contributed by atoms with Crippen molar-refractivity contribution in [2.24, 2.45) is 5.73 Å². The van der Waals surface area contributed by atoms with Gasteiger partial charge in [0.05, 0.1) is 6.61 Å². The third-order valence-corrected chi connectivity index (χ3v) is 4.42. The second-order valence-corrected chi connectivity index (χ2v) is 5.79. The average Bonchev–Trinajstić information content (AvgIpc) is 2.71. The molecule has 1 aromatic rings. The minimum Gasteiger partial charge on any atom is -0.494 e. The lowest BCUT2D eigenvalue weighted by Gasteiger charge is -2.37. The number of carbonyl (C=O) groups is 1. The van der Waals surface area contributed by atoms with Gasteiger partial charge in [0.15, 0.2) is 0 Å². The van der Waals surface area contributed by atoms with Crippen LogP contribution in [0.2, 0.25) is 0 Å². The van der Waals surface area contributed by atoms with Crippen molar-refractivity contribution in [2.45, 2.75) is 50.7 Å². The van der Waals surface area contributed by atoms with Crippen LogP contribution in [0.3, 0.4) is 0 Å². The number of nitrogens with two attached hydrogens (primary N) is 1. The minimum absolute atomic E-state index is 0.146. The molecule has 108 valence electrons. The molecule has 2 N–H and O–H groups in total. The summed E-state index contributed by atoms with van der Waals surface area (Å²) in [5.74, 6) is 0.958. The van der Waals surface area contributed by atoms with Crippen LogP contribution in [0.4, 0.5) is 0 Å². The summed E-state index contributed by atoms with van der Waals surface area (Å²) >= 11 is 0. The van der Waals surface area contributed by atoms with E-state index in [1.165, 1.54) is 0 Å². The van der Waals surface area contributed by atoms with Gasteiger partial charge in [-0.1, -0.05) is 0 Å². The number of nitrogens with zero attached hydrogens (tertiary/aromatic N) is 1. The average molecular weight is 274 g/mol. The van der Waals surface area contributed by atoms with Crippen LogP contribution in [-0.4, -0.2) is 35.5 Å². The molecule has 2 atom stereocenters. The monoisotopic (exact) mass is 274 g/mol. The normalized spacial score (nSPS) is 28.5. The molecule has 0 aliphatic carbocycles. The zero-order valence-electron chi connectivity index (χ0n) is 11.9. The number of fused-ring (bicyclic) bond motifs is 2. The topological polar surface area (TPSA) is 55.6 Å². The summed E-state index contributed by atoms with van der Waals surface area (Å²) < 4.78 is 5.41. The highest BCUT2D eigenvalue weighted by Gasteiger charge is 2.42. The Kier molecular flexibility index (Phi) is 3.66. The summed E-state index contributed by atoms with van der Waals surface area (Å²) in [6.45, 7) is 2.59. The van der Waals surface area contributed by atoms with Crippen molar-refractivity contribution in [3.8, 4) is 5.75 Å². The van der Waals surface area contributed by atoms with Crippen LogP contribution in [0, 0.1) is 0 Å². The first-order valence-corrected chi connectivity index (χ1v) is 7.50. The Bertz CT molecular complexity index is 472. The molecule has 0 saturated carbocycles. The molecule has 2 fully saturated rings. The molecule has 1 aromatic carbocycles. The van der Waals surface area contributed by atoms with E-state index in [0.29, 0.717) is 18.7 Å². The Morgan fingerprint density at radius 1 is 1.25 bits per heavy atom. The van der Waals surface area contributed by atoms with Gasteiger partial charge < -0.3 is 15.4 Å². The summed E-state index contributed by atoms with van der Waals surface area (Å²) in [5.41, 5.74) is 6.81. The van der Waals surface area contributed by atoms with Crippen molar-refractivity contribution in [1.29, 1.82) is 0 Å². The number of rotatable bonds is 3. The van der Waals surface area contributed by atoms with E-state index in [2.05, 4.69) is 4.90 Å². The summed E-state index contributed by atoms with van der Waals surface area (Å²) in [7, 11) is 0. The number of amides is 1. The summed E-state index contributed by atoms with van der Waals surface area (Å²) in [5, 5.41) is 0. The van der Waals surface area contributed by atoms with E-state index in [1.54, 1.807) is 0 Å². The number of benzene rings is 1. The van der Waals surface area contributed by atoms with Gasteiger partial charge in [-0.2, -0.15) is 0 Å². The Morgan fingerprint density at radius 3 is 2.40 bits per heavy atom. The Labute approximate surface area is 119 Å². The van der Waals surface area contributed by atoms with Crippen LogP contribution < -0.4 is 10.5 Å². The molecule has 0 radical (unpaired) electrons. The molecule has 2 unspecified atom stereocenters. The van der Waals surface area contributed by atoms with Gasteiger partial charge in [-0.25, -0.2) is 0 Å². The van der Waals surface area contributed by atoms with E-state index < -0.39 is 0 Å². The SMILES string of the molecule is CCOc1ccc(C(=O)N2C3CCC2CC(N)C3)cc1. The smallest absolute Gasteiger partial charge is 0.254 e. The lowest BCUT2D eigenvalue weighted by Crippen LogP contribution is -2.50. The molecule has 3 rings (SSSR count). The number of hydrogen-bond acceptors (Lipinski definition) is 3.